The molecule has 5 rings (SSSR count). The fraction of sp³-hybridized carbons (Fsp3) is 0.632. The molecule has 0 radical (unpaired) electrons. The summed E-state index contributed by atoms with van der Waals surface area (Å²) in [5.74, 6) is 1.38. The van der Waals surface area contributed by atoms with Crippen LogP contribution in [-0.2, 0) is 0 Å². The van der Waals surface area contributed by atoms with E-state index in [1.165, 1.54) is 22.7 Å². The van der Waals surface area contributed by atoms with Gasteiger partial charge in [0.25, 0.3) is 10.4 Å². The Bertz CT molecular complexity index is 1590. The lowest BCUT2D eigenvalue weighted by atomic mass is 9.90. The smallest absolute Gasteiger partial charge is 0.274 e. The van der Waals surface area contributed by atoms with E-state index in [-0.39, 0.29) is 23.4 Å². The molecule has 0 spiro atoms. The van der Waals surface area contributed by atoms with Gasteiger partial charge in [0.1, 0.15) is 33.7 Å². The van der Waals surface area contributed by atoms with Crippen LogP contribution in [0.25, 0.3) is 20.4 Å². The number of aliphatic hydroxyl groups is 2. The number of benzene rings is 2. The first-order valence-corrected chi connectivity index (χ1v) is 19.5. The molecule has 2 aromatic carbocycles. The van der Waals surface area contributed by atoms with Gasteiger partial charge in [0.05, 0.1) is 33.8 Å². The molecule has 1 fully saturated rings. The van der Waals surface area contributed by atoms with Crippen LogP contribution in [0.1, 0.15) is 118 Å². The minimum Gasteiger partial charge on any atom is -0.486 e. The average molecular weight is 729 g/mol. The normalized spacial score (nSPS) is 18.6. The first-order chi connectivity index (χ1) is 23.5. The van der Waals surface area contributed by atoms with Crippen molar-refractivity contribution in [3.63, 3.8) is 0 Å². The molecule has 0 aliphatic heterocycles. The number of fused-ring (bicyclic) bond motifs is 2. The third kappa shape index (κ3) is 10.2. The molecule has 50 heavy (non-hydrogen) atoms. The molecule has 276 valence electrons. The van der Waals surface area contributed by atoms with Gasteiger partial charge in [-0.05, 0) is 107 Å². The van der Waals surface area contributed by atoms with Gasteiger partial charge in [0.2, 0.25) is 0 Å². The summed E-state index contributed by atoms with van der Waals surface area (Å²) in [6.45, 7) is 20.9. The molecule has 2 atom stereocenters. The zero-order chi connectivity index (χ0) is 36.4. The Morgan fingerprint density at radius 1 is 0.660 bits per heavy atom. The summed E-state index contributed by atoms with van der Waals surface area (Å²) in [4.78, 5) is 9.46. The van der Waals surface area contributed by atoms with E-state index in [1.807, 2.05) is 93.5 Å². The number of hydrogen-bond acceptors (Lipinski definition) is 12. The van der Waals surface area contributed by atoms with Crippen LogP contribution < -0.4 is 29.6 Å². The summed E-state index contributed by atoms with van der Waals surface area (Å²) >= 11 is 2.90. The summed E-state index contributed by atoms with van der Waals surface area (Å²) < 4.78 is 26.0. The number of aliphatic hydroxyl groups excluding tert-OH is 2. The maximum absolute atomic E-state index is 11.3. The van der Waals surface area contributed by atoms with Crippen molar-refractivity contribution >= 4 is 43.1 Å². The molecular formula is C38H56N4O6S2. The molecule has 10 nitrogen and oxygen atoms in total. The highest BCUT2D eigenvalue weighted by Crippen LogP contribution is 2.41. The lowest BCUT2D eigenvalue weighted by Crippen LogP contribution is -2.42. The number of ether oxygens (including phenoxy) is 4. The Labute approximate surface area is 304 Å². The van der Waals surface area contributed by atoms with E-state index in [9.17, 15) is 10.2 Å². The standard InChI is InChI=1S/C38H56N4O6S2/c1-21(2)45-35-41-31-29(47-37(5,6)7)17-15-25(33(31)49-35)27(43)19-39-23-11-13-24(14-12-23)40-20-28(44)26-16-18-30(48-38(8,9)10)32-34(26)50-36(42-32)46-22(3)4/h15-18,21-24,27-28,39-40,43-44H,11-14,19-20H2,1-10H3/t23?,24?,27-,28-/m0/s1. The Morgan fingerprint density at radius 2 is 1.02 bits per heavy atom. The fourth-order valence-electron chi connectivity index (χ4n) is 6.10. The summed E-state index contributed by atoms with van der Waals surface area (Å²) in [7, 11) is 0. The Balaban J connectivity index is 1.17. The molecule has 12 heteroatoms. The van der Waals surface area contributed by atoms with Gasteiger partial charge in [-0.25, -0.2) is 0 Å². The highest BCUT2D eigenvalue weighted by atomic mass is 32.1. The predicted molar refractivity (Wildman–Crippen MR) is 203 cm³/mol. The van der Waals surface area contributed by atoms with Gasteiger partial charge in [0, 0.05) is 36.3 Å². The van der Waals surface area contributed by atoms with Crippen molar-refractivity contribution in [2.24, 2.45) is 0 Å². The zero-order valence-electron chi connectivity index (χ0n) is 31.3. The largest absolute Gasteiger partial charge is 0.486 e. The molecule has 0 amide bonds. The number of aromatic nitrogens is 2. The molecule has 1 saturated carbocycles. The first-order valence-electron chi connectivity index (χ1n) is 17.9. The van der Waals surface area contributed by atoms with Crippen molar-refractivity contribution < 1.29 is 29.2 Å². The van der Waals surface area contributed by atoms with Crippen LogP contribution in [0.4, 0.5) is 0 Å². The predicted octanol–water partition coefficient (Wildman–Crippen LogP) is 8.09. The van der Waals surface area contributed by atoms with Crippen LogP contribution in [0.15, 0.2) is 24.3 Å². The summed E-state index contributed by atoms with van der Waals surface area (Å²) in [6, 6.07) is 8.31. The molecule has 4 aromatic rings. The van der Waals surface area contributed by atoms with E-state index >= 15 is 0 Å². The lowest BCUT2D eigenvalue weighted by molar-refractivity contribution is 0.132. The van der Waals surface area contributed by atoms with Crippen molar-refractivity contribution in [3.8, 4) is 21.9 Å². The molecule has 2 aromatic heterocycles. The Kier molecular flexibility index (Phi) is 12.2. The highest BCUT2D eigenvalue weighted by molar-refractivity contribution is 7.20. The maximum atomic E-state index is 11.3. The van der Waals surface area contributed by atoms with Crippen molar-refractivity contribution in [2.75, 3.05) is 13.1 Å². The molecule has 1 aliphatic carbocycles. The number of hydrogen-bond donors (Lipinski definition) is 4. The quantitative estimate of drug-likeness (QED) is 0.101. The van der Waals surface area contributed by atoms with Crippen molar-refractivity contribution in [3.05, 3.63) is 35.4 Å². The molecule has 0 unspecified atom stereocenters. The highest BCUT2D eigenvalue weighted by Gasteiger charge is 2.27. The van der Waals surface area contributed by atoms with Crippen molar-refractivity contribution in [1.82, 2.24) is 20.6 Å². The number of thiazole rings is 2. The number of nitrogens with zero attached hydrogens (tertiary/aromatic N) is 2. The molecule has 0 bridgehead atoms. The second-order valence-electron chi connectivity index (χ2n) is 15.8. The Hall–Kier alpha value is -2.74. The second-order valence-corrected chi connectivity index (χ2v) is 17.7. The second kappa shape index (κ2) is 15.9. The monoisotopic (exact) mass is 728 g/mol. The van der Waals surface area contributed by atoms with E-state index in [4.69, 9.17) is 28.9 Å². The molecule has 2 heterocycles. The van der Waals surface area contributed by atoms with Gasteiger partial charge in [-0.2, -0.15) is 9.97 Å². The average Bonchev–Trinajstić information content (AvgIpc) is 3.62. The van der Waals surface area contributed by atoms with Crippen LogP contribution in [0.2, 0.25) is 0 Å². The number of rotatable bonds is 14. The van der Waals surface area contributed by atoms with Gasteiger partial charge in [0.15, 0.2) is 0 Å². The van der Waals surface area contributed by atoms with E-state index in [2.05, 4.69) is 10.6 Å². The summed E-state index contributed by atoms with van der Waals surface area (Å²) in [5, 5.41) is 31.0. The first kappa shape index (κ1) is 38.5. The molecular weight excluding hydrogens is 673 g/mol. The van der Waals surface area contributed by atoms with Crippen LogP contribution in [0, 0.1) is 0 Å². The SMILES string of the molecule is CC(C)Oc1nc2c(OC(C)(C)C)ccc([C@@H](O)CNC3CCC(NC[C@H](O)c4ccc(OC(C)(C)C)c5nc(OC(C)C)sc45)CC3)c2s1. The molecule has 4 N–H and O–H groups in total. The van der Waals surface area contributed by atoms with Crippen LogP contribution in [0.5, 0.6) is 21.9 Å². The summed E-state index contributed by atoms with van der Waals surface area (Å²) in [6.07, 6.45) is 2.52. The van der Waals surface area contributed by atoms with Gasteiger partial charge in [-0.1, -0.05) is 34.8 Å². The van der Waals surface area contributed by atoms with E-state index < -0.39 is 12.2 Å². The molecule has 0 saturated heterocycles. The van der Waals surface area contributed by atoms with Gasteiger partial charge >= 0.3 is 0 Å². The fourth-order valence-corrected chi connectivity index (χ4v) is 8.33. The van der Waals surface area contributed by atoms with E-state index in [0.29, 0.717) is 47.1 Å². The third-order valence-corrected chi connectivity index (χ3v) is 10.2. The zero-order valence-corrected chi connectivity index (χ0v) is 32.9. The number of nitrogens with one attached hydrogen (secondary N) is 2. The maximum Gasteiger partial charge on any atom is 0.274 e. The topological polar surface area (TPSA) is 127 Å². The van der Waals surface area contributed by atoms with Gasteiger partial charge in [-0.3, -0.25) is 0 Å². The Morgan fingerprint density at radius 3 is 1.34 bits per heavy atom. The van der Waals surface area contributed by atoms with Gasteiger partial charge < -0.3 is 39.8 Å². The van der Waals surface area contributed by atoms with Gasteiger partial charge in [-0.15, -0.1) is 0 Å². The van der Waals surface area contributed by atoms with E-state index in [0.717, 1.165) is 57.2 Å². The lowest BCUT2D eigenvalue weighted by Gasteiger charge is -2.31. The van der Waals surface area contributed by atoms with Crippen molar-refractivity contribution in [2.45, 2.75) is 143 Å². The minimum atomic E-state index is -0.699. The van der Waals surface area contributed by atoms with Crippen LogP contribution in [-0.4, -0.2) is 68.8 Å². The van der Waals surface area contributed by atoms with Crippen LogP contribution >= 0.6 is 22.7 Å². The third-order valence-electron chi connectivity index (χ3n) is 8.19. The summed E-state index contributed by atoms with van der Waals surface area (Å²) in [5.41, 5.74) is 2.34. The van der Waals surface area contributed by atoms with E-state index in [1.54, 1.807) is 0 Å². The molecule has 1 aliphatic rings. The van der Waals surface area contributed by atoms with Crippen molar-refractivity contribution in [1.29, 1.82) is 0 Å². The van der Waals surface area contributed by atoms with Crippen LogP contribution in [0.3, 0.4) is 0 Å². The minimum absolute atomic E-state index is 0.00214.